The van der Waals surface area contributed by atoms with Crippen LogP contribution in [0.1, 0.15) is 31.1 Å². The van der Waals surface area contributed by atoms with Crippen LogP contribution >= 0.6 is 11.6 Å². The van der Waals surface area contributed by atoms with Gasteiger partial charge >= 0.3 is 5.97 Å². The number of carbonyl (C=O) groups is 2. The molecule has 2 N–H and O–H groups in total. The van der Waals surface area contributed by atoms with Gasteiger partial charge < -0.3 is 10.4 Å². The third kappa shape index (κ3) is 3.66. The average Bonchev–Trinajstić information content (AvgIpc) is 2.28. The van der Waals surface area contributed by atoms with Gasteiger partial charge in [-0.15, -0.1) is 0 Å². The zero-order chi connectivity index (χ0) is 15.7. The van der Waals surface area contributed by atoms with E-state index in [1.807, 2.05) is 0 Å². The molecule has 0 heterocycles. The first kappa shape index (κ1) is 16.4. The molecule has 7 heteroatoms. The predicted molar refractivity (Wildman–Crippen MR) is 69.7 cm³/mol. The Morgan fingerprint density at radius 2 is 1.75 bits per heavy atom. The lowest BCUT2D eigenvalue weighted by molar-refractivity contribution is -0.142. The van der Waals surface area contributed by atoms with Crippen molar-refractivity contribution in [2.24, 2.45) is 5.41 Å². The SMILES string of the molecule is CC(C)(C)C(NC(=O)c1cc(F)c(F)cc1Cl)C(=O)O. The highest BCUT2D eigenvalue weighted by molar-refractivity contribution is 6.33. The van der Waals surface area contributed by atoms with Crippen LogP contribution in [0, 0.1) is 17.0 Å². The lowest BCUT2D eigenvalue weighted by Gasteiger charge is -2.27. The Bertz CT molecular complexity index is 555. The Morgan fingerprint density at radius 1 is 1.25 bits per heavy atom. The number of carboxylic acid groups (broad SMARTS) is 1. The van der Waals surface area contributed by atoms with Gasteiger partial charge in [-0.1, -0.05) is 32.4 Å². The number of carboxylic acids is 1. The largest absolute Gasteiger partial charge is 0.480 e. The van der Waals surface area contributed by atoms with Crippen LogP contribution in [0.3, 0.4) is 0 Å². The van der Waals surface area contributed by atoms with Crippen molar-refractivity contribution >= 4 is 23.5 Å². The summed E-state index contributed by atoms with van der Waals surface area (Å²) in [5.41, 5.74) is -1.08. The summed E-state index contributed by atoms with van der Waals surface area (Å²) >= 11 is 5.66. The minimum Gasteiger partial charge on any atom is -0.480 e. The lowest BCUT2D eigenvalue weighted by atomic mass is 9.86. The smallest absolute Gasteiger partial charge is 0.326 e. The number of halogens is 3. The zero-order valence-electron chi connectivity index (χ0n) is 11.1. The van der Waals surface area contributed by atoms with Gasteiger partial charge in [-0.25, -0.2) is 13.6 Å². The maximum absolute atomic E-state index is 13.1. The van der Waals surface area contributed by atoms with E-state index >= 15 is 0 Å². The molecular weight excluding hydrogens is 292 g/mol. The van der Waals surface area contributed by atoms with E-state index in [1.165, 1.54) is 0 Å². The average molecular weight is 306 g/mol. The van der Waals surface area contributed by atoms with Gasteiger partial charge in [0.15, 0.2) is 11.6 Å². The number of hydrogen-bond donors (Lipinski definition) is 2. The van der Waals surface area contributed by atoms with Crippen molar-refractivity contribution in [2.75, 3.05) is 0 Å². The number of benzene rings is 1. The van der Waals surface area contributed by atoms with Gasteiger partial charge in [-0.2, -0.15) is 0 Å². The summed E-state index contributed by atoms with van der Waals surface area (Å²) in [5, 5.41) is 11.0. The molecule has 0 radical (unpaired) electrons. The standard InChI is InChI=1S/C13H14ClF2NO3/c1-13(2,3)10(12(19)20)17-11(18)6-4-8(15)9(16)5-7(6)14/h4-5,10H,1-3H3,(H,17,18)(H,19,20). The highest BCUT2D eigenvalue weighted by Crippen LogP contribution is 2.23. The van der Waals surface area contributed by atoms with E-state index in [4.69, 9.17) is 16.7 Å². The second kappa shape index (κ2) is 5.75. The molecule has 0 saturated carbocycles. The Balaban J connectivity index is 3.07. The van der Waals surface area contributed by atoms with E-state index in [1.54, 1.807) is 20.8 Å². The number of amides is 1. The summed E-state index contributed by atoms with van der Waals surface area (Å²) in [6.45, 7) is 4.87. The number of hydrogen-bond acceptors (Lipinski definition) is 2. The first-order chi connectivity index (χ1) is 9.04. The fraction of sp³-hybridized carbons (Fsp3) is 0.385. The summed E-state index contributed by atoms with van der Waals surface area (Å²) < 4.78 is 26.0. The number of nitrogens with one attached hydrogen (secondary N) is 1. The second-order valence-corrected chi connectivity index (χ2v) is 5.76. The molecule has 0 aliphatic rings. The van der Waals surface area contributed by atoms with Crippen LogP contribution in [-0.2, 0) is 4.79 Å². The predicted octanol–water partition coefficient (Wildman–Crippen LogP) is 2.85. The molecule has 0 bridgehead atoms. The van der Waals surface area contributed by atoms with E-state index in [2.05, 4.69) is 5.32 Å². The summed E-state index contributed by atoms with van der Waals surface area (Å²) in [7, 11) is 0. The Hall–Kier alpha value is -1.69. The highest BCUT2D eigenvalue weighted by Gasteiger charge is 2.33. The quantitative estimate of drug-likeness (QED) is 0.844. The molecule has 1 aromatic rings. The highest BCUT2D eigenvalue weighted by atomic mass is 35.5. The number of rotatable bonds is 3. The fourth-order valence-electron chi connectivity index (χ4n) is 1.55. The van der Waals surface area contributed by atoms with Gasteiger partial charge in [-0.3, -0.25) is 4.79 Å². The molecule has 1 atom stereocenters. The number of aliphatic carboxylic acids is 1. The van der Waals surface area contributed by atoms with E-state index in [9.17, 15) is 18.4 Å². The van der Waals surface area contributed by atoms with E-state index in [0.717, 1.165) is 0 Å². The van der Waals surface area contributed by atoms with Crippen molar-refractivity contribution in [3.05, 3.63) is 34.4 Å². The minimum absolute atomic E-state index is 0.292. The second-order valence-electron chi connectivity index (χ2n) is 5.36. The van der Waals surface area contributed by atoms with Gasteiger partial charge in [0, 0.05) is 0 Å². The molecule has 1 rings (SSSR count). The van der Waals surface area contributed by atoms with Crippen LogP contribution in [0.25, 0.3) is 0 Å². The van der Waals surface area contributed by atoms with Crippen LogP contribution in [0.15, 0.2) is 12.1 Å². The summed E-state index contributed by atoms with van der Waals surface area (Å²) in [5.74, 6) is -4.53. The summed E-state index contributed by atoms with van der Waals surface area (Å²) in [6.07, 6.45) is 0. The van der Waals surface area contributed by atoms with Gasteiger partial charge in [0.2, 0.25) is 0 Å². The molecule has 4 nitrogen and oxygen atoms in total. The Kier molecular flexibility index (Phi) is 4.70. The normalized spacial score (nSPS) is 12.9. The van der Waals surface area contributed by atoms with Gasteiger partial charge in [-0.05, 0) is 17.5 Å². The van der Waals surface area contributed by atoms with Crippen molar-refractivity contribution in [1.82, 2.24) is 5.32 Å². The molecule has 0 aliphatic carbocycles. The van der Waals surface area contributed by atoms with Crippen molar-refractivity contribution in [3.63, 3.8) is 0 Å². The van der Waals surface area contributed by atoms with Crippen LogP contribution in [0.5, 0.6) is 0 Å². The third-order valence-electron chi connectivity index (χ3n) is 2.64. The van der Waals surface area contributed by atoms with E-state index in [-0.39, 0.29) is 10.6 Å². The fourth-order valence-corrected chi connectivity index (χ4v) is 1.79. The molecule has 1 aromatic carbocycles. The maximum atomic E-state index is 13.1. The van der Waals surface area contributed by atoms with Crippen LogP contribution in [-0.4, -0.2) is 23.0 Å². The monoisotopic (exact) mass is 305 g/mol. The molecule has 1 amide bonds. The van der Waals surface area contributed by atoms with Gasteiger partial charge in [0.05, 0.1) is 10.6 Å². The van der Waals surface area contributed by atoms with Crippen molar-refractivity contribution < 1.29 is 23.5 Å². The first-order valence-corrected chi connectivity index (χ1v) is 6.10. The molecule has 0 aromatic heterocycles. The van der Waals surface area contributed by atoms with Crippen LogP contribution in [0.2, 0.25) is 5.02 Å². The lowest BCUT2D eigenvalue weighted by Crippen LogP contribution is -2.49. The maximum Gasteiger partial charge on any atom is 0.326 e. The van der Waals surface area contributed by atoms with Crippen molar-refractivity contribution in [3.8, 4) is 0 Å². The van der Waals surface area contributed by atoms with Gasteiger partial charge in [0.1, 0.15) is 6.04 Å². The number of carbonyl (C=O) groups excluding carboxylic acids is 1. The Morgan fingerprint density at radius 3 is 2.20 bits per heavy atom. The summed E-state index contributed by atoms with van der Waals surface area (Å²) in [4.78, 5) is 23.1. The summed E-state index contributed by atoms with van der Waals surface area (Å²) in [6, 6.07) is 0.104. The van der Waals surface area contributed by atoms with Crippen molar-refractivity contribution in [1.29, 1.82) is 0 Å². The molecule has 110 valence electrons. The topological polar surface area (TPSA) is 66.4 Å². The molecular formula is C13H14ClF2NO3. The molecule has 20 heavy (non-hydrogen) atoms. The molecule has 1 unspecified atom stereocenters. The van der Waals surface area contributed by atoms with Crippen LogP contribution in [0.4, 0.5) is 8.78 Å². The molecule has 0 saturated heterocycles. The molecule has 0 fully saturated rings. The first-order valence-electron chi connectivity index (χ1n) is 5.72. The third-order valence-corrected chi connectivity index (χ3v) is 2.96. The van der Waals surface area contributed by atoms with Crippen molar-refractivity contribution in [2.45, 2.75) is 26.8 Å². The molecule has 0 spiro atoms. The van der Waals surface area contributed by atoms with E-state index in [0.29, 0.717) is 12.1 Å². The van der Waals surface area contributed by atoms with Gasteiger partial charge in [0.25, 0.3) is 5.91 Å². The molecule has 0 aliphatic heterocycles. The van der Waals surface area contributed by atoms with Crippen LogP contribution < -0.4 is 5.32 Å². The zero-order valence-corrected chi connectivity index (χ0v) is 11.9. The minimum atomic E-state index is -1.23. The Labute approximate surface area is 119 Å². The van der Waals surface area contributed by atoms with E-state index < -0.39 is 35.0 Å².